The molecule has 0 aliphatic heterocycles. The van der Waals surface area contributed by atoms with E-state index in [4.69, 9.17) is 0 Å². The fourth-order valence-corrected chi connectivity index (χ4v) is 6.37. The molecule has 4 atom stereocenters. The number of benzene rings is 1. The van der Waals surface area contributed by atoms with E-state index in [-0.39, 0.29) is 0 Å². The van der Waals surface area contributed by atoms with Crippen LogP contribution >= 0.6 is 43.2 Å². The van der Waals surface area contributed by atoms with Crippen molar-refractivity contribution >= 4 is 43.2 Å². The molecule has 1 heterocycles. The number of halogens is 2. The Morgan fingerprint density at radius 3 is 2.81 bits per heavy atom. The number of hydrogen-bond acceptors (Lipinski definition) is 2. The molecule has 0 spiro atoms. The zero-order chi connectivity index (χ0) is 14.6. The van der Waals surface area contributed by atoms with Gasteiger partial charge in [-0.05, 0) is 86.7 Å². The fourth-order valence-electron chi connectivity index (χ4n) is 4.12. The highest BCUT2D eigenvalue weighted by atomic mass is 79.9. The molecule has 1 saturated carbocycles. The largest absolute Gasteiger partial charge is 0.312 e. The Hall–Kier alpha value is -0.160. The first-order valence-electron chi connectivity index (χ1n) is 7.40. The number of nitrogens with one attached hydrogen (secondary N) is 1. The summed E-state index contributed by atoms with van der Waals surface area (Å²) in [4.78, 5) is 1.44. The second kappa shape index (κ2) is 5.48. The van der Waals surface area contributed by atoms with Crippen molar-refractivity contribution in [2.24, 2.45) is 11.8 Å². The summed E-state index contributed by atoms with van der Waals surface area (Å²) in [5.41, 5.74) is 3.18. The average molecular weight is 427 g/mol. The molecule has 0 amide bonds. The van der Waals surface area contributed by atoms with E-state index >= 15 is 0 Å². The molecule has 1 nitrogen and oxygen atoms in total. The highest BCUT2D eigenvalue weighted by molar-refractivity contribution is 9.13. The quantitative estimate of drug-likeness (QED) is 0.682. The van der Waals surface area contributed by atoms with Crippen molar-refractivity contribution in [3.05, 3.63) is 54.6 Å². The first kappa shape index (κ1) is 14.4. The van der Waals surface area contributed by atoms with Crippen molar-refractivity contribution in [1.29, 1.82) is 0 Å². The minimum atomic E-state index is 0.471. The second-order valence-electron chi connectivity index (χ2n) is 6.04. The van der Waals surface area contributed by atoms with Gasteiger partial charge in [0, 0.05) is 15.4 Å². The van der Waals surface area contributed by atoms with E-state index in [0.29, 0.717) is 6.04 Å². The minimum Gasteiger partial charge on any atom is -0.312 e. The summed E-state index contributed by atoms with van der Waals surface area (Å²) in [6, 6.07) is 11.8. The molecule has 4 unspecified atom stereocenters. The molecule has 110 valence electrons. The molecular weight excluding hydrogens is 410 g/mol. The van der Waals surface area contributed by atoms with Crippen LogP contribution in [0.4, 0.5) is 0 Å². The van der Waals surface area contributed by atoms with Crippen molar-refractivity contribution in [3.8, 4) is 0 Å². The van der Waals surface area contributed by atoms with Gasteiger partial charge < -0.3 is 5.32 Å². The Morgan fingerprint density at radius 1 is 1.29 bits per heavy atom. The molecule has 21 heavy (non-hydrogen) atoms. The topological polar surface area (TPSA) is 12.0 Å². The highest BCUT2D eigenvalue weighted by Crippen LogP contribution is 2.64. The molecule has 1 aromatic carbocycles. The number of rotatable bonds is 3. The van der Waals surface area contributed by atoms with E-state index in [2.05, 4.69) is 74.6 Å². The number of thiophene rings is 1. The Balaban J connectivity index is 1.66. The Kier molecular flexibility index (Phi) is 3.77. The molecule has 2 aliphatic carbocycles. The second-order valence-corrected chi connectivity index (χ2v) is 9.30. The van der Waals surface area contributed by atoms with Crippen molar-refractivity contribution in [1.82, 2.24) is 5.32 Å². The number of hydrogen-bond donors (Lipinski definition) is 1. The van der Waals surface area contributed by atoms with Crippen LogP contribution in [0.3, 0.4) is 0 Å². The smallest absolute Gasteiger partial charge is 0.0843 e. The van der Waals surface area contributed by atoms with Gasteiger partial charge in [-0.25, -0.2) is 0 Å². The highest BCUT2D eigenvalue weighted by Gasteiger charge is 2.56. The van der Waals surface area contributed by atoms with Crippen LogP contribution in [0.5, 0.6) is 0 Å². The van der Waals surface area contributed by atoms with Crippen LogP contribution in [0.15, 0.2) is 38.6 Å². The molecule has 0 saturated heterocycles. The van der Waals surface area contributed by atoms with Crippen molar-refractivity contribution < 1.29 is 0 Å². The van der Waals surface area contributed by atoms with Crippen LogP contribution in [-0.2, 0) is 6.42 Å². The van der Waals surface area contributed by atoms with Crippen LogP contribution in [0.25, 0.3) is 0 Å². The third kappa shape index (κ3) is 2.35. The van der Waals surface area contributed by atoms with E-state index in [1.165, 1.54) is 26.0 Å². The lowest BCUT2D eigenvalue weighted by atomic mass is 9.92. The van der Waals surface area contributed by atoms with E-state index in [9.17, 15) is 0 Å². The predicted molar refractivity (Wildman–Crippen MR) is 96.0 cm³/mol. The average Bonchev–Trinajstić information content (AvgIpc) is 3.13. The van der Waals surface area contributed by atoms with Crippen molar-refractivity contribution in [2.75, 3.05) is 7.05 Å². The number of fused-ring (bicyclic) bond motifs is 3. The Morgan fingerprint density at radius 2 is 2.10 bits per heavy atom. The summed E-state index contributed by atoms with van der Waals surface area (Å²) in [7, 11) is 2.10. The lowest BCUT2D eigenvalue weighted by Gasteiger charge is -2.15. The molecule has 4 heteroatoms. The van der Waals surface area contributed by atoms with Crippen LogP contribution in [-0.4, -0.2) is 7.05 Å². The molecule has 2 aromatic rings. The van der Waals surface area contributed by atoms with Crippen LogP contribution in [0, 0.1) is 11.8 Å². The molecule has 2 aliphatic rings. The van der Waals surface area contributed by atoms with Crippen molar-refractivity contribution in [2.45, 2.75) is 24.8 Å². The van der Waals surface area contributed by atoms with Crippen LogP contribution in [0.2, 0.25) is 0 Å². The zero-order valence-corrected chi connectivity index (χ0v) is 15.8. The summed E-state index contributed by atoms with van der Waals surface area (Å²) < 4.78 is 2.37. The summed E-state index contributed by atoms with van der Waals surface area (Å²) in [6.45, 7) is 0. The Bertz CT molecular complexity index is 662. The van der Waals surface area contributed by atoms with Gasteiger partial charge in [-0.1, -0.05) is 24.3 Å². The van der Waals surface area contributed by atoms with Crippen molar-refractivity contribution in [3.63, 3.8) is 0 Å². The van der Waals surface area contributed by atoms with Gasteiger partial charge in [-0.2, -0.15) is 0 Å². The predicted octanol–water partition coefficient (Wildman–Crippen LogP) is 5.51. The standard InChI is InChI=1S/C17H17Br2NS/c1-20-16(13-8-12(18)17(19)21-13)15-11-7-6-9-4-2-3-5-10(9)14(11)15/h2-5,8,11,14-16,20H,6-7H2,1H3. The van der Waals surface area contributed by atoms with E-state index in [0.717, 1.165) is 17.8 Å². The maximum absolute atomic E-state index is 3.63. The molecule has 0 bridgehead atoms. The maximum Gasteiger partial charge on any atom is 0.0843 e. The summed E-state index contributed by atoms with van der Waals surface area (Å²) >= 11 is 9.10. The lowest BCUT2D eigenvalue weighted by Crippen LogP contribution is -2.18. The van der Waals surface area contributed by atoms with Gasteiger partial charge >= 0.3 is 0 Å². The van der Waals surface area contributed by atoms with Gasteiger partial charge in [0.25, 0.3) is 0 Å². The number of aryl methyl sites for hydroxylation is 1. The van der Waals surface area contributed by atoms with Gasteiger partial charge in [0.2, 0.25) is 0 Å². The molecule has 1 N–H and O–H groups in total. The molecule has 0 radical (unpaired) electrons. The van der Waals surface area contributed by atoms with Gasteiger partial charge in [0.1, 0.15) is 0 Å². The van der Waals surface area contributed by atoms with Gasteiger partial charge in [-0.15, -0.1) is 11.3 Å². The SMILES string of the molecule is CNC(c1cc(Br)c(Br)s1)C1C2CCc3ccccc3C21. The monoisotopic (exact) mass is 425 g/mol. The molecule has 1 aromatic heterocycles. The third-order valence-corrected chi connectivity index (χ3v) is 8.40. The normalized spacial score (nSPS) is 27.9. The van der Waals surface area contributed by atoms with E-state index < -0.39 is 0 Å². The lowest BCUT2D eigenvalue weighted by molar-refractivity contribution is 0.491. The van der Waals surface area contributed by atoms with Crippen LogP contribution < -0.4 is 5.32 Å². The zero-order valence-electron chi connectivity index (χ0n) is 11.8. The fraction of sp³-hybridized carbons (Fsp3) is 0.412. The first-order chi connectivity index (χ1) is 10.2. The summed E-state index contributed by atoms with van der Waals surface area (Å²) in [5, 5.41) is 3.58. The first-order valence-corrected chi connectivity index (χ1v) is 9.80. The van der Waals surface area contributed by atoms with Gasteiger partial charge in [-0.3, -0.25) is 0 Å². The van der Waals surface area contributed by atoms with Gasteiger partial charge in [0.05, 0.1) is 3.79 Å². The van der Waals surface area contributed by atoms with E-state index in [1.807, 2.05) is 11.3 Å². The van der Waals surface area contributed by atoms with Crippen LogP contribution in [0.1, 0.15) is 34.4 Å². The van der Waals surface area contributed by atoms with Gasteiger partial charge in [0.15, 0.2) is 0 Å². The minimum absolute atomic E-state index is 0.471. The molecule has 1 fully saturated rings. The Labute approximate surface area is 146 Å². The maximum atomic E-state index is 3.63. The summed E-state index contributed by atoms with van der Waals surface area (Å²) in [5.74, 6) is 2.36. The summed E-state index contributed by atoms with van der Waals surface area (Å²) in [6.07, 6.45) is 2.60. The molecule has 4 rings (SSSR count). The third-order valence-electron chi connectivity index (χ3n) is 5.06. The van der Waals surface area contributed by atoms with E-state index in [1.54, 1.807) is 11.1 Å². The molecular formula is C17H17Br2NS.